The SMILES string of the molecule is CCC(Oc1ccccc1)c1cccc(OC(CN)c2ccccc2)c1. The summed E-state index contributed by atoms with van der Waals surface area (Å²) in [5.41, 5.74) is 8.10. The average Bonchev–Trinajstić information content (AvgIpc) is 2.72. The van der Waals surface area contributed by atoms with Gasteiger partial charge in [-0.1, -0.05) is 67.6 Å². The molecular formula is C23H25NO2. The number of ether oxygens (including phenoxy) is 2. The highest BCUT2D eigenvalue weighted by atomic mass is 16.5. The second-order valence-corrected chi connectivity index (χ2v) is 6.15. The Bertz CT molecular complexity index is 790. The van der Waals surface area contributed by atoms with Crippen molar-refractivity contribution < 1.29 is 9.47 Å². The number of rotatable bonds is 8. The van der Waals surface area contributed by atoms with Gasteiger partial charge in [0.1, 0.15) is 23.7 Å². The average molecular weight is 347 g/mol. The highest BCUT2D eigenvalue weighted by Gasteiger charge is 2.15. The molecule has 0 bridgehead atoms. The van der Waals surface area contributed by atoms with Crippen molar-refractivity contribution in [2.24, 2.45) is 5.73 Å². The smallest absolute Gasteiger partial charge is 0.136 e. The molecule has 3 aromatic rings. The first-order chi connectivity index (χ1) is 12.8. The van der Waals surface area contributed by atoms with E-state index in [-0.39, 0.29) is 12.2 Å². The molecule has 2 atom stereocenters. The Kier molecular flexibility index (Phi) is 6.29. The van der Waals surface area contributed by atoms with Crippen molar-refractivity contribution >= 4 is 0 Å². The number of hydrogen-bond acceptors (Lipinski definition) is 3. The molecule has 0 fully saturated rings. The van der Waals surface area contributed by atoms with E-state index in [2.05, 4.69) is 13.0 Å². The molecule has 0 saturated heterocycles. The Hall–Kier alpha value is -2.78. The summed E-state index contributed by atoms with van der Waals surface area (Å²) in [4.78, 5) is 0. The van der Waals surface area contributed by atoms with E-state index >= 15 is 0 Å². The molecule has 3 heteroatoms. The zero-order valence-electron chi connectivity index (χ0n) is 15.0. The second kappa shape index (κ2) is 9.07. The van der Waals surface area contributed by atoms with E-state index in [1.54, 1.807) is 0 Å². The van der Waals surface area contributed by atoms with Crippen LogP contribution in [0.2, 0.25) is 0 Å². The van der Waals surface area contributed by atoms with Crippen molar-refractivity contribution in [1.82, 2.24) is 0 Å². The molecule has 0 aromatic heterocycles. The van der Waals surface area contributed by atoms with Gasteiger partial charge in [-0.25, -0.2) is 0 Å². The third-order valence-electron chi connectivity index (χ3n) is 4.29. The van der Waals surface area contributed by atoms with Gasteiger partial charge >= 0.3 is 0 Å². The van der Waals surface area contributed by atoms with Gasteiger partial charge in [0.2, 0.25) is 0 Å². The predicted octanol–water partition coefficient (Wildman–Crippen LogP) is 5.30. The van der Waals surface area contributed by atoms with Crippen molar-refractivity contribution in [3.05, 3.63) is 96.1 Å². The van der Waals surface area contributed by atoms with Gasteiger partial charge in [0.15, 0.2) is 0 Å². The molecule has 0 spiro atoms. The maximum absolute atomic E-state index is 6.15. The highest BCUT2D eigenvalue weighted by Crippen LogP contribution is 2.29. The molecule has 0 radical (unpaired) electrons. The van der Waals surface area contributed by atoms with E-state index in [1.165, 1.54) is 0 Å². The van der Waals surface area contributed by atoms with E-state index in [9.17, 15) is 0 Å². The fraction of sp³-hybridized carbons (Fsp3) is 0.217. The molecule has 26 heavy (non-hydrogen) atoms. The zero-order chi connectivity index (χ0) is 18.2. The second-order valence-electron chi connectivity index (χ2n) is 6.15. The van der Waals surface area contributed by atoms with Crippen molar-refractivity contribution in [3.63, 3.8) is 0 Å². The standard InChI is InChI=1S/C23H25NO2/c1-2-22(25-20-13-7-4-8-14-20)19-12-9-15-21(16-19)26-23(17-24)18-10-5-3-6-11-18/h3-16,22-23H,2,17,24H2,1H3. The molecule has 2 N–H and O–H groups in total. The van der Waals surface area contributed by atoms with Gasteiger partial charge in [0.05, 0.1) is 0 Å². The minimum Gasteiger partial charge on any atom is -0.486 e. The molecule has 3 nitrogen and oxygen atoms in total. The quantitative estimate of drug-likeness (QED) is 0.602. The molecule has 0 aliphatic carbocycles. The lowest BCUT2D eigenvalue weighted by Gasteiger charge is -2.21. The zero-order valence-corrected chi connectivity index (χ0v) is 15.0. The minimum atomic E-state index is -0.165. The van der Waals surface area contributed by atoms with Crippen molar-refractivity contribution in [1.29, 1.82) is 0 Å². The first kappa shape index (κ1) is 18.0. The topological polar surface area (TPSA) is 44.5 Å². The van der Waals surface area contributed by atoms with Crippen LogP contribution >= 0.6 is 0 Å². The maximum atomic E-state index is 6.15. The van der Waals surface area contributed by atoms with Crippen LogP contribution in [0.3, 0.4) is 0 Å². The van der Waals surface area contributed by atoms with Crippen LogP contribution in [-0.2, 0) is 0 Å². The molecule has 0 saturated carbocycles. The summed E-state index contributed by atoms with van der Waals surface area (Å²) >= 11 is 0. The van der Waals surface area contributed by atoms with Crippen LogP contribution in [0, 0.1) is 0 Å². The third kappa shape index (κ3) is 4.64. The predicted molar refractivity (Wildman–Crippen MR) is 105 cm³/mol. The fourth-order valence-electron chi connectivity index (χ4n) is 2.92. The van der Waals surface area contributed by atoms with Crippen LogP contribution in [0.1, 0.15) is 36.7 Å². The van der Waals surface area contributed by atoms with Crippen LogP contribution in [0.15, 0.2) is 84.9 Å². The summed E-state index contributed by atoms with van der Waals surface area (Å²) in [5, 5.41) is 0. The lowest BCUT2D eigenvalue weighted by Crippen LogP contribution is -2.18. The number of para-hydroxylation sites is 1. The van der Waals surface area contributed by atoms with E-state index in [1.807, 2.05) is 78.9 Å². The highest BCUT2D eigenvalue weighted by molar-refractivity contribution is 5.32. The Labute approximate surface area is 155 Å². The van der Waals surface area contributed by atoms with Crippen LogP contribution in [0.25, 0.3) is 0 Å². The Morgan fingerprint density at radius 3 is 1.92 bits per heavy atom. The fourth-order valence-corrected chi connectivity index (χ4v) is 2.92. The summed E-state index contributed by atoms with van der Waals surface area (Å²) in [7, 11) is 0. The first-order valence-corrected chi connectivity index (χ1v) is 9.03. The Morgan fingerprint density at radius 1 is 0.692 bits per heavy atom. The summed E-state index contributed by atoms with van der Waals surface area (Å²) in [5.74, 6) is 1.67. The van der Waals surface area contributed by atoms with E-state index in [0.717, 1.165) is 29.0 Å². The monoisotopic (exact) mass is 347 g/mol. The minimum absolute atomic E-state index is 0.0194. The van der Waals surface area contributed by atoms with Gasteiger partial charge in [-0.3, -0.25) is 0 Å². The molecule has 0 aliphatic heterocycles. The molecular weight excluding hydrogens is 322 g/mol. The van der Waals surface area contributed by atoms with Crippen LogP contribution in [0.5, 0.6) is 11.5 Å². The van der Waals surface area contributed by atoms with E-state index in [0.29, 0.717) is 6.54 Å². The molecule has 3 rings (SSSR count). The first-order valence-electron chi connectivity index (χ1n) is 9.03. The third-order valence-corrected chi connectivity index (χ3v) is 4.29. The van der Waals surface area contributed by atoms with Gasteiger partial charge in [-0.2, -0.15) is 0 Å². The molecule has 2 unspecified atom stereocenters. The Morgan fingerprint density at radius 2 is 1.27 bits per heavy atom. The summed E-state index contributed by atoms with van der Waals surface area (Å²) < 4.78 is 12.3. The summed E-state index contributed by atoms with van der Waals surface area (Å²) in [6.07, 6.45) is 0.688. The van der Waals surface area contributed by atoms with Crippen LogP contribution in [0.4, 0.5) is 0 Å². The van der Waals surface area contributed by atoms with Gasteiger partial charge in [-0.05, 0) is 41.8 Å². The normalized spacial score (nSPS) is 13.0. The lowest BCUT2D eigenvalue weighted by molar-refractivity contribution is 0.196. The molecule has 0 heterocycles. The number of nitrogens with two attached hydrogens (primary N) is 1. The Balaban J connectivity index is 1.76. The summed E-state index contributed by atoms with van der Waals surface area (Å²) in [6.45, 7) is 2.54. The maximum Gasteiger partial charge on any atom is 0.136 e. The molecule has 3 aromatic carbocycles. The molecule has 0 amide bonds. The van der Waals surface area contributed by atoms with Gasteiger partial charge in [0, 0.05) is 6.54 Å². The van der Waals surface area contributed by atoms with Gasteiger partial charge < -0.3 is 15.2 Å². The van der Waals surface area contributed by atoms with E-state index < -0.39 is 0 Å². The lowest BCUT2D eigenvalue weighted by atomic mass is 10.1. The molecule has 134 valence electrons. The van der Waals surface area contributed by atoms with Crippen LogP contribution < -0.4 is 15.2 Å². The molecule has 0 aliphatic rings. The largest absolute Gasteiger partial charge is 0.486 e. The van der Waals surface area contributed by atoms with Crippen molar-refractivity contribution in [2.45, 2.75) is 25.6 Å². The van der Waals surface area contributed by atoms with Gasteiger partial charge in [0.25, 0.3) is 0 Å². The van der Waals surface area contributed by atoms with E-state index in [4.69, 9.17) is 15.2 Å². The van der Waals surface area contributed by atoms with Crippen molar-refractivity contribution in [2.75, 3.05) is 6.54 Å². The van der Waals surface area contributed by atoms with Gasteiger partial charge in [-0.15, -0.1) is 0 Å². The number of hydrogen-bond donors (Lipinski definition) is 1. The van der Waals surface area contributed by atoms with Crippen molar-refractivity contribution in [3.8, 4) is 11.5 Å². The summed E-state index contributed by atoms with van der Waals surface area (Å²) in [6, 6.07) is 28.0. The number of benzene rings is 3. The van der Waals surface area contributed by atoms with Crippen LogP contribution in [-0.4, -0.2) is 6.54 Å².